The normalized spacial score (nSPS) is 19.9. The molecule has 0 aliphatic carbocycles. The first-order chi connectivity index (χ1) is 11.5. The number of fused-ring (bicyclic) bond motifs is 3. The number of aromatic nitrogens is 3. The van der Waals surface area contributed by atoms with Gasteiger partial charge in [-0.15, -0.1) is 10.2 Å². The molecule has 1 atom stereocenters. The SMILES string of the molecule is O=C(CSc1nnc2sc3ccccc3n12)N[C@@H]1CCS(=O)(=O)C1. The lowest BCUT2D eigenvalue weighted by atomic mass is 10.3. The van der Waals surface area contributed by atoms with E-state index >= 15 is 0 Å². The van der Waals surface area contributed by atoms with E-state index in [9.17, 15) is 13.2 Å². The summed E-state index contributed by atoms with van der Waals surface area (Å²) in [4.78, 5) is 12.9. The van der Waals surface area contributed by atoms with Gasteiger partial charge in [-0.3, -0.25) is 9.20 Å². The number of benzene rings is 1. The lowest BCUT2D eigenvalue weighted by Crippen LogP contribution is -2.36. The van der Waals surface area contributed by atoms with Crippen LogP contribution in [0.5, 0.6) is 0 Å². The summed E-state index contributed by atoms with van der Waals surface area (Å²) in [7, 11) is -2.99. The van der Waals surface area contributed by atoms with Gasteiger partial charge in [-0.2, -0.15) is 0 Å². The number of amides is 1. The molecule has 1 saturated heterocycles. The largest absolute Gasteiger partial charge is 0.352 e. The molecule has 7 nitrogen and oxygen atoms in total. The fourth-order valence-corrected chi connectivity index (χ4v) is 6.21. The average molecular weight is 382 g/mol. The van der Waals surface area contributed by atoms with E-state index in [2.05, 4.69) is 15.5 Å². The number of rotatable bonds is 4. The van der Waals surface area contributed by atoms with Gasteiger partial charge in [0.1, 0.15) is 0 Å². The van der Waals surface area contributed by atoms with Crippen LogP contribution in [0.4, 0.5) is 0 Å². The first-order valence-corrected chi connectivity index (χ1v) is 11.0. The number of hydrogen-bond donors (Lipinski definition) is 1. The molecule has 3 heterocycles. The van der Waals surface area contributed by atoms with Crippen LogP contribution in [0.15, 0.2) is 29.4 Å². The monoisotopic (exact) mass is 382 g/mol. The molecule has 0 saturated carbocycles. The van der Waals surface area contributed by atoms with E-state index in [0.717, 1.165) is 15.2 Å². The summed E-state index contributed by atoms with van der Waals surface area (Å²) < 4.78 is 25.9. The van der Waals surface area contributed by atoms with Crippen LogP contribution in [-0.2, 0) is 14.6 Å². The van der Waals surface area contributed by atoms with Gasteiger partial charge >= 0.3 is 0 Å². The van der Waals surface area contributed by atoms with Crippen LogP contribution in [0.3, 0.4) is 0 Å². The summed E-state index contributed by atoms with van der Waals surface area (Å²) in [6.07, 6.45) is 0.489. The highest BCUT2D eigenvalue weighted by Gasteiger charge is 2.28. The maximum absolute atomic E-state index is 12.1. The molecule has 1 aliphatic heterocycles. The molecule has 24 heavy (non-hydrogen) atoms. The van der Waals surface area contributed by atoms with E-state index in [1.165, 1.54) is 11.8 Å². The molecule has 3 aromatic rings. The Balaban J connectivity index is 1.46. The first kappa shape index (κ1) is 15.9. The summed E-state index contributed by atoms with van der Waals surface area (Å²) in [5, 5.41) is 11.7. The Morgan fingerprint density at radius 1 is 1.38 bits per heavy atom. The number of nitrogens with one attached hydrogen (secondary N) is 1. The number of carbonyl (C=O) groups excluding carboxylic acids is 1. The molecule has 1 aliphatic rings. The zero-order valence-electron chi connectivity index (χ0n) is 12.5. The fourth-order valence-electron chi connectivity index (χ4n) is 2.76. The van der Waals surface area contributed by atoms with Crippen LogP contribution < -0.4 is 5.32 Å². The number of sulfone groups is 1. The van der Waals surface area contributed by atoms with Crippen molar-refractivity contribution in [3.05, 3.63) is 24.3 Å². The summed E-state index contributed by atoms with van der Waals surface area (Å²) in [5.41, 5.74) is 1.02. The number of carbonyl (C=O) groups is 1. The van der Waals surface area contributed by atoms with E-state index in [-0.39, 0.29) is 29.2 Å². The summed E-state index contributed by atoms with van der Waals surface area (Å²) in [6.45, 7) is 0. The Hall–Kier alpha value is -1.65. The number of thiazole rings is 1. The van der Waals surface area contributed by atoms with Gasteiger partial charge in [0.2, 0.25) is 10.9 Å². The van der Waals surface area contributed by atoms with E-state index in [0.29, 0.717) is 11.6 Å². The molecule has 2 aromatic heterocycles. The van der Waals surface area contributed by atoms with Crippen molar-refractivity contribution in [2.75, 3.05) is 17.3 Å². The summed E-state index contributed by atoms with van der Waals surface area (Å²) >= 11 is 2.85. The minimum Gasteiger partial charge on any atom is -0.352 e. The Morgan fingerprint density at radius 3 is 3.00 bits per heavy atom. The number of nitrogens with zero attached hydrogens (tertiary/aromatic N) is 3. The average Bonchev–Trinajstić information content (AvgIpc) is 3.18. The third kappa shape index (κ3) is 3.01. The first-order valence-electron chi connectivity index (χ1n) is 7.37. The molecule has 1 amide bonds. The molecule has 126 valence electrons. The summed E-state index contributed by atoms with van der Waals surface area (Å²) in [5.74, 6) is 0.185. The van der Waals surface area contributed by atoms with Crippen LogP contribution in [0.25, 0.3) is 15.2 Å². The number of thioether (sulfide) groups is 1. The minimum atomic E-state index is -2.99. The molecule has 4 rings (SSSR count). The second-order valence-corrected chi connectivity index (χ2v) is 9.81. The predicted octanol–water partition coefficient (Wildman–Crippen LogP) is 1.34. The van der Waals surface area contributed by atoms with Crippen molar-refractivity contribution in [1.29, 1.82) is 0 Å². The van der Waals surface area contributed by atoms with Crippen LogP contribution in [0.1, 0.15) is 6.42 Å². The van der Waals surface area contributed by atoms with Crippen LogP contribution >= 0.6 is 23.1 Å². The van der Waals surface area contributed by atoms with Gasteiger partial charge in [0.25, 0.3) is 0 Å². The predicted molar refractivity (Wildman–Crippen MR) is 94.3 cm³/mol. The van der Waals surface area contributed by atoms with Gasteiger partial charge in [-0.25, -0.2) is 8.42 Å². The Bertz CT molecular complexity index is 1020. The molecule has 0 unspecified atom stereocenters. The molecule has 0 spiro atoms. The highest BCUT2D eigenvalue weighted by atomic mass is 32.2. The summed E-state index contributed by atoms with van der Waals surface area (Å²) in [6, 6.07) is 7.67. The van der Waals surface area contributed by atoms with E-state index in [1.807, 2.05) is 28.7 Å². The van der Waals surface area contributed by atoms with Crippen molar-refractivity contribution in [2.45, 2.75) is 17.6 Å². The van der Waals surface area contributed by atoms with E-state index < -0.39 is 9.84 Å². The van der Waals surface area contributed by atoms with Crippen LogP contribution in [0, 0.1) is 0 Å². The second-order valence-electron chi connectivity index (χ2n) is 5.63. The standard InChI is InChI=1S/C14H14N4O3S3/c19-12(15-9-5-6-24(20,21)8-9)7-22-13-16-17-14-18(13)10-3-1-2-4-11(10)23-14/h1-4,9H,5-8H2,(H,15,19)/t9-/m1/s1. The van der Waals surface area contributed by atoms with Gasteiger partial charge in [-0.1, -0.05) is 35.2 Å². The number of para-hydroxylation sites is 1. The van der Waals surface area contributed by atoms with Crippen molar-refractivity contribution in [3.63, 3.8) is 0 Å². The molecule has 1 fully saturated rings. The molecular formula is C14H14N4O3S3. The van der Waals surface area contributed by atoms with Crippen LogP contribution in [-0.4, -0.2) is 52.2 Å². The zero-order chi connectivity index (χ0) is 16.7. The highest BCUT2D eigenvalue weighted by molar-refractivity contribution is 7.99. The Kier molecular flexibility index (Phi) is 3.97. The highest BCUT2D eigenvalue weighted by Crippen LogP contribution is 2.29. The third-order valence-corrected chi connectivity index (χ3v) is 7.55. The van der Waals surface area contributed by atoms with E-state index in [1.54, 1.807) is 11.3 Å². The molecule has 10 heteroatoms. The molecule has 1 aromatic carbocycles. The van der Waals surface area contributed by atoms with Crippen LogP contribution in [0.2, 0.25) is 0 Å². The zero-order valence-corrected chi connectivity index (χ0v) is 15.0. The molecular weight excluding hydrogens is 368 g/mol. The lowest BCUT2D eigenvalue weighted by molar-refractivity contribution is -0.119. The molecule has 0 bridgehead atoms. The molecule has 1 N–H and O–H groups in total. The maximum atomic E-state index is 12.1. The minimum absolute atomic E-state index is 0.0355. The smallest absolute Gasteiger partial charge is 0.230 e. The number of hydrogen-bond acceptors (Lipinski definition) is 7. The van der Waals surface area contributed by atoms with Crippen molar-refractivity contribution in [3.8, 4) is 0 Å². The van der Waals surface area contributed by atoms with Crippen molar-refractivity contribution in [2.24, 2.45) is 0 Å². The van der Waals surface area contributed by atoms with Gasteiger partial charge in [0.15, 0.2) is 15.0 Å². The Morgan fingerprint density at radius 2 is 2.21 bits per heavy atom. The lowest BCUT2D eigenvalue weighted by Gasteiger charge is -2.09. The van der Waals surface area contributed by atoms with Gasteiger partial charge in [-0.05, 0) is 18.6 Å². The molecule has 0 radical (unpaired) electrons. The van der Waals surface area contributed by atoms with Gasteiger partial charge in [0.05, 0.1) is 27.5 Å². The quantitative estimate of drug-likeness (QED) is 0.685. The van der Waals surface area contributed by atoms with Crippen molar-refractivity contribution < 1.29 is 13.2 Å². The van der Waals surface area contributed by atoms with Gasteiger partial charge < -0.3 is 5.32 Å². The van der Waals surface area contributed by atoms with E-state index in [4.69, 9.17) is 0 Å². The Labute approximate surface area is 146 Å². The van der Waals surface area contributed by atoms with Crippen molar-refractivity contribution >= 4 is 54.0 Å². The maximum Gasteiger partial charge on any atom is 0.230 e. The van der Waals surface area contributed by atoms with Crippen molar-refractivity contribution in [1.82, 2.24) is 19.9 Å². The fraction of sp³-hybridized carbons (Fsp3) is 0.357. The topological polar surface area (TPSA) is 93.4 Å². The second kappa shape index (κ2) is 6.01. The third-order valence-electron chi connectivity index (χ3n) is 3.84. The van der Waals surface area contributed by atoms with Gasteiger partial charge in [0, 0.05) is 6.04 Å².